The normalized spacial score (nSPS) is 16.1. The molecular formula is C27H33FN2O5S2. The molecule has 0 radical (unpaired) electrons. The second kappa shape index (κ2) is 13.6. The summed E-state index contributed by atoms with van der Waals surface area (Å²) in [5.74, 6) is 0.289. The fourth-order valence-electron chi connectivity index (χ4n) is 3.73. The first-order valence-corrected chi connectivity index (χ1v) is 14.7. The maximum absolute atomic E-state index is 13.2. The topological polar surface area (TPSA) is 85.3 Å². The molecule has 0 bridgehead atoms. The van der Waals surface area contributed by atoms with Gasteiger partial charge in [-0.15, -0.1) is 4.40 Å². The zero-order valence-electron chi connectivity index (χ0n) is 21.4. The first kappa shape index (κ1) is 28.7. The maximum Gasteiger partial charge on any atom is 0.284 e. The molecule has 0 saturated carbocycles. The molecule has 0 aliphatic carbocycles. The Morgan fingerprint density at radius 2 is 1.70 bits per heavy atom. The largest absolute Gasteiger partial charge is 0.493 e. The van der Waals surface area contributed by atoms with Crippen LogP contribution in [0.25, 0.3) is 6.08 Å². The van der Waals surface area contributed by atoms with Crippen LogP contribution in [0, 0.1) is 5.82 Å². The number of carbonyl (C=O) groups excluding carboxylic acids is 1. The van der Waals surface area contributed by atoms with E-state index < -0.39 is 15.8 Å². The van der Waals surface area contributed by atoms with E-state index in [1.54, 1.807) is 32.2 Å². The monoisotopic (exact) mass is 548 g/mol. The van der Waals surface area contributed by atoms with E-state index in [9.17, 15) is 17.6 Å². The van der Waals surface area contributed by atoms with E-state index in [0.29, 0.717) is 28.6 Å². The van der Waals surface area contributed by atoms with Gasteiger partial charge in [0.2, 0.25) is 0 Å². The first-order chi connectivity index (χ1) is 17.8. The van der Waals surface area contributed by atoms with E-state index in [4.69, 9.17) is 9.47 Å². The van der Waals surface area contributed by atoms with Crippen LogP contribution in [0.2, 0.25) is 0 Å². The Hall–Kier alpha value is -2.85. The van der Waals surface area contributed by atoms with Gasteiger partial charge in [0.15, 0.2) is 16.7 Å². The molecule has 2 aromatic rings. The molecule has 0 aromatic heterocycles. The predicted molar refractivity (Wildman–Crippen MR) is 146 cm³/mol. The molecule has 37 heavy (non-hydrogen) atoms. The molecule has 1 aliphatic rings. The van der Waals surface area contributed by atoms with Crippen LogP contribution in [0.15, 0.2) is 56.7 Å². The van der Waals surface area contributed by atoms with Crippen LogP contribution in [0.1, 0.15) is 57.9 Å². The van der Waals surface area contributed by atoms with Gasteiger partial charge >= 0.3 is 0 Å². The summed E-state index contributed by atoms with van der Waals surface area (Å²) in [4.78, 5) is 14.4. The number of sulfonamides is 1. The molecule has 0 spiro atoms. The summed E-state index contributed by atoms with van der Waals surface area (Å²) in [6, 6.07) is 9.79. The molecule has 200 valence electrons. The van der Waals surface area contributed by atoms with Gasteiger partial charge in [-0.3, -0.25) is 9.69 Å². The number of carbonyl (C=O) groups is 1. The van der Waals surface area contributed by atoms with Crippen molar-refractivity contribution in [1.82, 2.24) is 4.90 Å². The Morgan fingerprint density at radius 1 is 1.00 bits per heavy atom. The van der Waals surface area contributed by atoms with Crippen molar-refractivity contribution in [3.63, 3.8) is 0 Å². The van der Waals surface area contributed by atoms with E-state index in [-0.39, 0.29) is 22.5 Å². The van der Waals surface area contributed by atoms with Crippen molar-refractivity contribution in [2.24, 2.45) is 4.40 Å². The SMILES string of the molecule is CCCCCCCCOc1ccc(C=C2SC(=NS(=O)(=O)c3ccc(F)cc3)N(CC)C2=O)cc1OC. The molecule has 3 rings (SSSR count). The van der Waals surface area contributed by atoms with Gasteiger partial charge < -0.3 is 9.47 Å². The van der Waals surface area contributed by atoms with Gasteiger partial charge in [-0.25, -0.2) is 4.39 Å². The highest BCUT2D eigenvalue weighted by Crippen LogP contribution is 2.35. The highest BCUT2D eigenvalue weighted by molar-refractivity contribution is 8.19. The van der Waals surface area contributed by atoms with Gasteiger partial charge in [0, 0.05) is 6.54 Å². The Kier molecular flexibility index (Phi) is 10.6. The molecule has 1 aliphatic heterocycles. The quantitative estimate of drug-likeness (QED) is 0.217. The minimum Gasteiger partial charge on any atom is -0.493 e. The molecule has 1 amide bonds. The van der Waals surface area contributed by atoms with Crippen LogP contribution in [-0.2, 0) is 14.8 Å². The van der Waals surface area contributed by atoms with E-state index in [1.165, 1.54) is 30.6 Å². The van der Waals surface area contributed by atoms with E-state index >= 15 is 0 Å². The highest BCUT2D eigenvalue weighted by Gasteiger charge is 2.34. The molecule has 2 aromatic carbocycles. The summed E-state index contributed by atoms with van der Waals surface area (Å²) in [5.41, 5.74) is 0.707. The smallest absolute Gasteiger partial charge is 0.284 e. The lowest BCUT2D eigenvalue weighted by molar-refractivity contribution is -0.122. The minimum absolute atomic E-state index is 0.0499. The zero-order chi connectivity index (χ0) is 26.8. The number of hydrogen-bond acceptors (Lipinski definition) is 6. The number of hydrogen-bond donors (Lipinski definition) is 0. The number of halogens is 1. The standard InChI is InChI=1S/C27H33FN2O5S2/c1-4-6-7-8-9-10-17-35-23-16-11-20(18-24(23)34-3)19-25-26(31)30(5-2)27(36-25)29-37(32,33)22-14-12-21(28)13-15-22/h11-16,18-19H,4-10,17H2,1-3H3. The fraction of sp³-hybridized carbons (Fsp3) is 0.407. The van der Waals surface area contributed by atoms with Crippen LogP contribution in [0.4, 0.5) is 4.39 Å². The average molecular weight is 549 g/mol. The lowest BCUT2D eigenvalue weighted by atomic mass is 10.1. The third-order valence-corrected chi connectivity index (χ3v) is 8.16. The van der Waals surface area contributed by atoms with Gasteiger partial charge in [0.1, 0.15) is 5.82 Å². The number of nitrogens with zero attached hydrogens (tertiary/aromatic N) is 2. The lowest BCUT2D eigenvalue weighted by Crippen LogP contribution is -2.29. The number of benzene rings is 2. The van der Waals surface area contributed by atoms with Gasteiger partial charge in [-0.1, -0.05) is 45.1 Å². The van der Waals surface area contributed by atoms with Crippen LogP contribution in [-0.4, -0.2) is 44.7 Å². The Bertz CT molecular complexity index is 1240. The second-order valence-electron chi connectivity index (χ2n) is 8.49. The van der Waals surface area contributed by atoms with Crippen molar-refractivity contribution >= 4 is 38.9 Å². The number of amidine groups is 1. The molecule has 0 unspecified atom stereocenters. The van der Waals surface area contributed by atoms with Crippen LogP contribution in [0.3, 0.4) is 0 Å². The molecule has 1 saturated heterocycles. The molecule has 10 heteroatoms. The van der Waals surface area contributed by atoms with E-state index in [0.717, 1.165) is 48.9 Å². The summed E-state index contributed by atoms with van der Waals surface area (Å²) in [6.07, 6.45) is 8.71. The van der Waals surface area contributed by atoms with Gasteiger partial charge in [0.25, 0.3) is 15.9 Å². The number of unbranched alkanes of at least 4 members (excludes halogenated alkanes) is 5. The van der Waals surface area contributed by atoms with Gasteiger partial charge in [-0.2, -0.15) is 8.42 Å². The molecule has 0 N–H and O–H groups in total. The third-order valence-electron chi connectivity index (χ3n) is 5.75. The number of amides is 1. The first-order valence-electron chi connectivity index (χ1n) is 12.4. The molecule has 1 fully saturated rings. The molecule has 0 atom stereocenters. The summed E-state index contributed by atoms with van der Waals surface area (Å²) < 4.78 is 53.9. The zero-order valence-corrected chi connectivity index (χ0v) is 23.0. The predicted octanol–water partition coefficient (Wildman–Crippen LogP) is 6.25. The third kappa shape index (κ3) is 7.82. The van der Waals surface area contributed by atoms with Crippen molar-refractivity contribution in [3.05, 3.63) is 58.8 Å². The fourth-order valence-corrected chi connectivity index (χ4v) is 5.97. The Morgan fingerprint density at radius 3 is 2.38 bits per heavy atom. The lowest BCUT2D eigenvalue weighted by Gasteiger charge is -2.12. The van der Waals surface area contributed by atoms with Crippen molar-refractivity contribution in [3.8, 4) is 11.5 Å². The second-order valence-corrected chi connectivity index (χ2v) is 11.1. The van der Waals surface area contributed by atoms with Crippen molar-refractivity contribution < 1.29 is 27.1 Å². The van der Waals surface area contributed by atoms with Gasteiger partial charge in [0.05, 0.1) is 23.5 Å². The van der Waals surface area contributed by atoms with Crippen molar-refractivity contribution in [1.29, 1.82) is 0 Å². The number of ether oxygens (including phenoxy) is 2. The average Bonchev–Trinajstić information content (AvgIpc) is 3.16. The molecule has 1 heterocycles. The van der Waals surface area contributed by atoms with Gasteiger partial charge in [-0.05, 0) is 73.1 Å². The molecular weight excluding hydrogens is 515 g/mol. The highest BCUT2D eigenvalue weighted by atomic mass is 32.2. The summed E-state index contributed by atoms with van der Waals surface area (Å²) >= 11 is 0.976. The number of thioether (sulfide) groups is 1. The number of methoxy groups -OCH3 is 1. The minimum atomic E-state index is -4.11. The molecule has 7 nitrogen and oxygen atoms in total. The van der Waals surface area contributed by atoms with Crippen LogP contribution in [0.5, 0.6) is 11.5 Å². The summed E-state index contributed by atoms with van der Waals surface area (Å²) in [6.45, 7) is 4.78. The number of likely N-dealkylation sites (N-methyl/N-ethyl adjacent to an activating group) is 1. The number of rotatable bonds is 13. The Labute approximate surface area is 222 Å². The Balaban J connectivity index is 1.73. The maximum atomic E-state index is 13.2. The van der Waals surface area contributed by atoms with E-state index in [1.807, 2.05) is 6.07 Å². The van der Waals surface area contributed by atoms with Crippen molar-refractivity contribution in [2.75, 3.05) is 20.3 Å². The summed E-state index contributed by atoms with van der Waals surface area (Å²) in [7, 11) is -2.56. The van der Waals surface area contributed by atoms with Crippen LogP contribution >= 0.6 is 11.8 Å². The van der Waals surface area contributed by atoms with E-state index in [2.05, 4.69) is 11.3 Å². The van der Waals surface area contributed by atoms with Crippen molar-refractivity contribution in [2.45, 2.75) is 57.3 Å². The van der Waals surface area contributed by atoms with Crippen LogP contribution < -0.4 is 9.47 Å². The summed E-state index contributed by atoms with van der Waals surface area (Å²) in [5, 5.41) is 0.0499.